The first-order valence-electron chi connectivity index (χ1n) is 5.34. The molecule has 2 aromatic rings. The van der Waals surface area contributed by atoms with Crippen LogP contribution in [0.3, 0.4) is 0 Å². The first-order chi connectivity index (χ1) is 8.18. The average Bonchev–Trinajstić information content (AvgIpc) is 2.79. The van der Waals surface area contributed by atoms with Gasteiger partial charge in [0.05, 0.1) is 0 Å². The number of benzene rings is 1. The first-order valence-corrected chi connectivity index (χ1v) is 5.34. The van der Waals surface area contributed by atoms with Crippen molar-refractivity contribution < 1.29 is 8.78 Å². The zero-order chi connectivity index (χ0) is 12.3. The van der Waals surface area contributed by atoms with E-state index < -0.39 is 17.7 Å². The lowest BCUT2D eigenvalue weighted by atomic mass is 10.1. The molecule has 1 aromatic carbocycles. The molecule has 0 bridgehead atoms. The van der Waals surface area contributed by atoms with Gasteiger partial charge in [-0.1, -0.05) is 6.07 Å². The lowest BCUT2D eigenvalue weighted by molar-refractivity contribution is 0.485. The molecule has 90 valence electrons. The van der Waals surface area contributed by atoms with Crippen LogP contribution in [0.25, 0.3) is 0 Å². The van der Waals surface area contributed by atoms with Gasteiger partial charge in [-0.25, -0.2) is 8.78 Å². The third-order valence-corrected chi connectivity index (χ3v) is 2.59. The second-order valence-corrected chi connectivity index (χ2v) is 3.82. The molecule has 3 nitrogen and oxygen atoms in total. The molecule has 17 heavy (non-hydrogen) atoms. The van der Waals surface area contributed by atoms with E-state index in [2.05, 4.69) is 15.5 Å². The van der Waals surface area contributed by atoms with Gasteiger partial charge in [-0.2, -0.15) is 5.10 Å². The van der Waals surface area contributed by atoms with Crippen molar-refractivity contribution >= 4 is 0 Å². The van der Waals surface area contributed by atoms with E-state index in [9.17, 15) is 8.78 Å². The highest BCUT2D eigenvalue weighted by Crippen LogP contribution is 2.20. The van der Waals surface area contributed by atoms with Crippen LogP contribution in [0.15, 0.2) is 30.5 Å². The normalized spacial score (nSPS) is 12.6. The van der Waals surface area contributed by atoms with Gasteiger partial charge in [0.1, 0.15) is 11.6 Å². The largest absolute Gasteiger partial charge is 0.304 e. The van der Waals surface area contributed by atoms with E-state index in [1.165, 1.54) is 18.2 Å². The Morgan fingerprint density at radius 3 is 2.59 bits per heavy atom. The molecular weight excluding hydrogens is 224 g/mol. The molecule has 0 aliphatic rings. The van der Waals surface area contributed by atoms with Gasteiger partial charge in [-0.15, -0.1) is 0 Å². The van der Waals surface area contributed by atoms with Crippen LogP contribution in [-0.4, -0.2) is 10.2 Å². The van der Waals surface area contributed by atoms with Crippen molar-refractivity contribution in [3.05, 3.63) is 53.4 Å². The van der Waals surface area contributed by atoms with Crippen molar-refractivity contribution in [3.63, 3.8) is 0 Å². The molecule has 0 fully saturated rings. The zero-order valence-corrected chi connectivity index (χ0v) is 9.37. The summed E-state index contributed by atoms with van der Waals surface area (Å²) in [7, 11) is 0. The fourth-order valence-corrected chi connectivity index (χ4v) is 1.67. The summed E-state index contributed by atoms with van der Waals surface area (Å²) in [6.07, 6.45) is 1.63. The van der Waals surface area contributed by atoms with Gasteiger partial charge in [-0.3, -0.25) is 5.10 Å². The minimum Gasteiger partial charge on any atom is -0.304 e. The second-order valence-electron chi connectivity index (χ2n) is 3.82. The number of hydrogen-bond acceptors (Lipinski definition) is 2. The maximum Gasteiger partial charge on any atom is 0.130 e. The summed E-state index contributed by atoms with van der Waals surface area (Å²) in [6.45, 7) is 2.20. The summed E-state index contributed by atoms with van der Waals surface area (Å²) in [6, 6.07) is 5.27. The molecule has 5 heteroatoms. The van der Waals surface area contributed by atoms with Crippen LogP contribution in [-0.2, 0) is 6.54 Å². The predicted molar refractivity (Wildman–Crippen MR) is 60.2 cm³/mol. The monoisotopic (exact) mass is 237 g/mol. The Kier molecular flexibility index (Phi) is 3.49. The summed E-state index contributed by atoms with van der Waals surface area (Å²) >= 11 is 0. The number of nitrogens with zero attached hydrogens (tertiary/aromatic N) is 1. The van der Waals surface area contributed by atoms with Gasteiger partial charge in [0, 0.05) is 30.0 Å². The van der Waals surface area contributed by atoms with Crippen molar-refractivity contribution in [2.24, 2.45) is 0 Å². The Morgan fingerprint density at radius 2 is 2.00 bits per heavy atom. The van der Waals surface area contributed by atoms with E-state index in [1.807, 2.05) is 0 Å². The molecule has 0 saturated heterocycles. The van der Waals surface area contributed by atoms with Gasteiger partial charge < -0.3 is 5.32 Å². The number of H-pyrrole nitrogens is 1. The highest BCUT2D eigenvalue weighted by atomic mass is 19.1. The number of aromatic nitrogens is 2. The molecule has 2 rings (SSSR count). The Hall–Kier alpha value is -1.75. The van der Waals surface area contributed by atoms with Crippen LogP contribution in [0.1, 0.15) is 24.2 Å². The summed E-state index contributed by atoms with van der Waals surface area (Å²) in [5.41, 5.74) is 0.931. The van der Waals surface area contributed by atoms with Crippen molar-refractivity contribution in [2.75, 3.05) is 0 Å². The topological polar surface area (TPSA) is 40.7 Å². The fourth-order valence-electron chi connectivity index (χ4n) is 1.67. The molecule has 1 heterocycles. The summed E-state index contributed by atoms with van der Waals surface area (Å²) < 4.78 is 26.9. The molecule has 0 aliphatic carbocycles. The first kappa shape index (κ1) is 11.7. The van der Waals surface area contributed by atoms with Gasteiger partial charge in [0.2, 0.25) is 0 Å². The molecule has 0 spiro atoms. The van der Waals surface area contributed by atoms with Crippen molar-refractivity contribution in [1.82, 2.24) is 15.5 Å². The summed E-state index contributed by atoms with van der Waals surface area (Å²) in [5.74, 6) is -1.07. The Morgan fingerprint density at radius 1 is 1.29 bits per heavy atom. The number of rotatable bonds is 4. The minimum absolute atomic E-state index is 0.0621. The van der Waals surface area contributed by atoms with E-state index >= 15 is 0 Å². The molecule has 1 aromatic heterocycles. The third kappa shape index (κ3) is 2.68. The smallest absolute Gasteiger partial charge is 0.130 e. The van der Waals surface area contributed by atoms with E-state index in [1.54, 1.807) is 19.2 Å². The van der Waals surface area contributed by atoms with Crippen LogP contribution in [0.4, 0.5) is 8.78 Å². The number of aromatic amines is 1. The van der Waals surface area contributed by atoms with Crippen LogP contribution >= 0.6 is 0 Å². The van der Waals surface area contributed by atoms with Crippen molar-refractivity contribution in [2.45, 2.75) is 19.5 Å². The molecule has 1 unspecified atom stereocenters. The van der Waals surface area contributed by atoms with Crippen LogP contribution < -0.4 is 5.32 Å². The SMILES string of the molecule is CC(NCc1ccn[nH]1)c1c(F)cccc1F. The van der Waals surface area contributed by atoms with E-state index in [4.69, 9.17) is 0 Å². The molecule has 1 atom stereocenters. The molecular formula is C12H13F2N3. The van der Waals surface area contributed by atoms with E-state index in [0.717, 1.165) is 5.69 Å². The Balaban J connectivity index is 2.07. The summed E-state index contributed by atoms with van der Waals surface area (Å²) in [4.78, 5) is 0. The maximum atomic E-state index is 13.5. The molecule has 0 aliphatic heterocycles. The second kappa shape index (κ2) is 5.05. The lowest BCUT2D eigenvalue weighted by Gasteiger charge is -2.15. The average molecular weight is 237 g/mol. The van der Waals surface area contributed by atoms with Crippen LogP contribution in [0.5, 0.6) is 0 Å². The Labute approximate surface area is 97.9 Å². The quantitative estimate of drug-likeness (QED) is 0.857. The van der Waals surface area contributed by atoms with E-state index in [0.29, 0.717) is 6.54 Å². The lowest BCUT2D eigenvalue weighted by Crippen LogP contribution is -2.20. The van der Waals surface area contributed by atoms with Gasteiger partial charge in [-0.05, 0) is 25.1 Å². The number of hydrogen-bond donors (Lipinski definition) is 2. The van der Waals surface area contributed by atoms with Gasteiger partial charge in [0.25, 0.3) is 0 Å². The molecule has 0 amide bonds. The number of halogens is 2. The minimum atomic E-state index is -0.533. The van der Waals surface area contributed by atoms with Gasteiger partial charge in [0.15, 0.2) is 0 Å². The van der Waals surface area contributed by atoms with Crippen molar-refractivity contribution in [1.29, 1.82) is 0 Å². The van der Waals surface area contributed by atoms with Crippen LogP contribution in [0, 0.1) is 11.6 Å². The van der Waals surface area contributed by atoms with Crippen molar-refractivity contribution in [3.8, 4) is 0 Å². The highest BCUT2D eigenvalue weighted by Gasteiger charge is 2.15. The maximum absolute atomic E-state index is 13.5. The number of nitrogens with one attached hydrogen (secondary N) is 2. The zero-order valence-electron chi connectivity index (χ0n) is 9.37. The van der Waals surface area contributed by atoms with Gasteiger partial charge >= 0.3 is 0 Å². The summed E-state index contributed by atoms with van der Waals surface area (Å²) in [5, 5.41) is 9.60. The predicted octanol–water partition coefficient (Wildman–Crippen LogP) is 2.54. The molecule has 2 N–H and O–H groups in total. The highest BCUT2D eigenvalue weighted by molar-refractivity contribution is 5.22. The molecule has 0 saturated carbocycles. The van der Waals surface area contributed by atoms with E-state index in [-0.39, 0.29) is 5.56 Å². The third-order valence-electron chi connectivity index (χ3n) is 2.59. The standard InChI is InChI=1S/C12H13F2N3/c1-8(15-7-9-5-6-16-17-9)12-10(13)3-2-4-11(12)14/h2-6,8,15H,7H2,1H3,(H,16,17). The molecule has 0 radical (unpaired) electrons. The fraction of sp³-hybridized carbons (Fsp3) is 0.250. The Bertz CT molecular complexity index is 462. The van der Waals surface area contributed by atoms with Crippen LogP contribution in [0.2, 0.25) is 0 Å².